The molecule has 14 heavy (non-hydrogen) atoms. The lowest BCUT2D eigenvalue weighted by Gasteiger charge is -2.12. The largest absolute Gasteiger partial charge is 0.465 e. The SMILES string of the molecule is CCOC(=O)C(N)c1cnccc1C. The van der Waals surface area contributed by atoms with Crippen LogP contribution in [-0.4, -0.2) is 17.6 Å². The number of rotatable bonds is 3. The first kappa shape index (κ1) is 10.7. The van der Waals surface area contributed by atoms with Crippen LogP contribution in [0.15, 0.2) is 18.5 Å². The first-order chi connectivity index (χ1) is 6.66. The van der Waals surface area contributed by atoms with Crippen molar-refractivity contribution in [3.05, 3.63) is 29.6 Å². The molecular formula is C10H14N2O2. The lowest BCUT2D eigenvalue weighted by Crippen LogP contribution is -2.24. The quantitative estimate of drug-likeness (QED) is 0.727. The van der Waals surface area contributed by atoms with E-state index in [9.17, 15) is 4.79 Å². The van der Waals surface area contributed by atoms with Crippen molar-refractivity contribution in [1.82, 2.24) is 4.98 Å². The number of carbonyl (C=O) groups excluding carboxylic acids is 1. The highest BCUT2D eigenvalue weighted by Gasteiger charge is 2.18. The summed E-state index contributed by atoms with van der Waals surface area (Å²) in [6, 6.07) is 1.08. The van der Waals surface area contributed by atoms with E-state index in [0.29, 0.717) is 12.2 Å². The highest BCUT2D eigenvalue weighted by Crippen LogP contribution is 2.14. The van der Waals surface area contributed by atoms with Crippen LogP contribution in [0.3, 0.4) is 0 Å². The minimum Gasteiger partial charge on any atom is -0.465 e. The van der Waals surface area contributed by atoms with Crippen molar-refractivity contribution in [1.29, 1.82) is 0 Å². The van der Waals surface area contributed by atoms with E-state index in [0.717, 1.165) is 5.56 Å². The van der Waals surface area contributed by atoms with Crippen LogP contribution >= 0.6 is 0 Å². The molecular weight excluding hydrogens is 180 g/mol. The number of pyridine rings is 1. The van der Waals surface area contributed by atoms with Gasteiger partial charge in [0.2, 0.25) is 0 Å². The van der Waals surface area contributed by atoms with Crippen molar-refractivity contribution in [3.63, 3.8) is 0 Å². The van der Waals surface area contributed by atoms with Gasteiger partial charge in [-0.05, 0) is 25.5 Å². The van der Waals surface area contributed by atoms with Crippen LogP contribution in [0.4, 0.5) is 0 Å². The summed E-state index contributed by atoms with van der Waals surface area (Å²) in [7, 11) is 0. The molecule has 0 fully saturated rings. The Morgan fingerprint density at radius 3 is 3.00 bits per heavy atom. The van der Waals surface area contributed by atoms with Crippen molar-refractivity contribution in [2.45, 2.75) is 19.9 Å². The van der Waals surface area contributed by atoms with Crippen molar-refractivity contribution in [3.8, 4) is 0 Å². The third-order valence-electron chi connectivity index (χ3n) is 1.96. The third kappa shape index (κ3) is 2.29. The average molecular weight is 194 g/mol. The van der Waals surface area contributed by atoms with E-state index in [4.69, 9.17) is 10.5 Å². The number of hydrogen-bond acceptors (Lipinski definition) is 4. The molecule has 0 amide bonds. The first-order valence-corrected chi connectivity index (χ1v) is 4.49. The van der Waals surface area contributed by atoms with E-state index in [1.165, 1.54) is 0 Å². The lowest BCUT2D eigenvalue weighted by molar-refractivity contribution is -0.144. The zero-order chi connectivity index (χ0) is 10.6. The van der Waals surface area contributed by atoms with Gasteiger partial charge in [0.05, 0.1) is 6.61 Å². The maximum Gasteiger partial charge on any atom is 0.327 e. The van der Waals surface area contributed by atoms with Crippen LogP contribution < -0.4 is 5.73 Å². The van der Waals surface area contributed by atoms with Gasteiger partial charge in [-0.1, -0.05) is 0 Å². The number of nitrogens with zero attached hydrogens (tertiary/aromatic N) is 1. The fourth-order valence-corrected chi connectivity index (χ4v) is 1.16. The van der Waals surface area contributed by atoms with Gasteiger partial charge in [-0.3, -0.25) is 4.98 Å². The van der Waals surface area contributed by atoms with E-state index in [2.05, 4.69) is 4.98 Å². The number of aromatic nitrogens is 1. The number of carbonyl (C=O) groups is 1. The summed E-state index contributed by atoms with van der Waals surface area (Å²) >= 11 is 0. The minimum absolute atomic E-state index is 0.339. The normalized spacial score (nSPS) is 12.2. The molecule has 0 aliphatic heterocycles. The molecule has 0 saturated heterocycles. The van der Waals surface area contributed by atoms with Crippen molar-refractivity contribution in [2.75, 3.05) is 6.61 Å². The van der Waals surface area contributed by atoms with E-state index >= 15 is 0 Å². The standard InChI is InChI=1S/C10H14N2O2/c1-3-14-10(13)9(11)8-6-12-5-4-7(8)2/h4-6,9H,3,11H2,1-2H3. The van der Waals surface area contributed by atoms with Gasteiger partial charge in [0, 0.05) is 18.0 Å². The lowest BCUT2D eigenvalue weighted by atomic mass is 10.1. The summed E-state index contributed by atoms with van der Waals surface area (Å²) in [5.41, 5.74) is 7.37. The monoisotopic (exact) mass is 194 g/mol. The van der Waals surface area contributed by atoms with E-state index < -0.39 is 12.0 Å². The summed E-state index contributed by atoms with van der Waals surface area (Å²) in [4.78, 5) is 15.2. The molecule has 0 saturated carbocycles. The van der Waals surface area contributed by atoms with Gasteiger partial charge in [0.25, 0.3) is 0 Å². The van der Waals surface area contributed by atoms with Gasteiger partial charge in [0.15, 0.2) is 0 Å². The maximum atomic E-state index is 11.3. The Bertz CT molecular complexity index is 326. The van der Waals surface area contributed by atoms with Crippen LogP contribution in [0.25, 0.3) is 0 Å². The second-order valence-electron chi connectivity index (χ2n) is 2.96. The van der Waals surface area contributed by atoms with Crippen LogP contribution in [0.5, 0.6) is 0 Å². The number of esters is 1. The second-order valence-corrected chi connectivity index (χ2v) is 2.96. The van der Waals surface area contributed by atoms with Gasteiger partial charge in [0.1, 0.15) is 6.04 Å². The highest BCUT2D eigenvalue weighted by molar-refractivity contribution is 5.77. The molecule has 76 valence electrons. The molecule has 1 unspecified atom stereocenters. The summed E-state index contributed by atoms with van der Waals surface area (Å²) in [5, 5.41) is 0. The molecule has 2 N–H and O–H groups in total. The molecule has 1 aromatic heterocycles. The zero-order valence-electron chi connectivity index (χ0n) is 8.36. The van der Waals surface area contributed by atoms with Gasteiger partial charge in [-0.2, -0.15) is 0 Å². The van der Waals surface area contributed by atoms with E-state index in [-0.39, 0.29) is 0 Å². The molecule has 4 nitrogen and oxygen atoms in total. The van der Waals surface area contributed by atoms with Crippen LogP contribution in [0.2, 0.25) is 0 Å². The molecule has 1 rings (SSSR count). The van der Waals surface area contributed by atoms with E-state index in [1.807, 2.05) is 13.0 Å². The topological polar surface area (TPSA) is 65.2 Å². The Kier molecular flexibility index (Phi) is 3.59. The molecule has 0 radical (unpaired) electrons. The molecule has 1 atom stereocenters. The van der Waals surface area contributed by atoms with Crippen LogP contribution in [-0.2, 0) is 9.53 Å². The average Bonchev–Trinajstić information content (AvgIpc) is 2.18. The Morgan fingerprint density at radius 2 is 2.43 bits per heavy atom. The fourth-order valence-electron chi connectivity index (χ4n) is 1.16. The van der Waals surface area contributed by atoms with Crippen LogP contribution in [0.1, 0.15) is 24.1 Å². The molecule has 4 heteroatoms. The number of hydrogen-bond donors (Lipinski definition) is 1. The van der Waals surface area contributed by atoms with Gasteiger partial charge >= 0.3 is 5.97 Å². The molecule has 1 heterocycles. The summed E-state index contributed by atoms with van der Waals surface area (Å²) in [5.74, 6) is -0.413. The smallest absolute Gasteiger partial charge is 0.327 e. The Balaban J connectivity index is 2.84. The predicted octanol–water partition coefficient (Wildman–Crippen LogP) is 0.953. The predicted molar refractivity (Wildman–Crippen MR) is 52.5 cm³/mol. The number of aryl methyl sites for hydroxylation is 1. The Morgan fingerprint density at radius 1 is 1.71 bits per heavy atom. The minimum atomic E-state index is -0.733. The Hall–Kier alpha value is -1.42. The Labute approximate surface area is 83.1 Å². The molecule has 1 aromatic rings. The number of nitrogens with two attached hydrogens (primary N) is 1. The highest BCUT2D eigenvalue weighted by atomic mass is 16.5. The van der Waals surface area contributed by atoms with Gasteiger partial charge < -0.3 is 10.5 Å². The second kappa shape index (κ2) is 4.72. The van der Waals surface area contributed by atoms with Gasteiger partial charge in [-0.15, -0.1) is 0 Å². The molecule has 0 spiro atoms. The fraction of sp³-hybridized carbons (Fsp3) is 0.400. The molecule has 0 aliphatic rings. The summed E-state index contributed by atoms with van der Waals surface area (Å²) in [6.07, 6.45) is 3.26. The number of ether oxygens (including phenoxy) is 1. The van der Waals surface area contributed by atoms with Crippen molar-refractivity contribution >= 4 is 5.97 Å². The van der Waals surface area contributed by atoms with Crippen molar-refractivity contribution in [2.24, 2.45) is 5.73 Å². The molecule has 0 aromatic carbocycles. The summed E-state index contributed by atoms with van der Waals surface area (Å²) < 4.78 is 4.82. The zero-order valence-corrected chi connectivity index (χ0v) is 8.36. The molecule has 0 bridgehead atoms. The van der Waals surface area contributed by atoms with Crippen LogP contribution in [0, 0.1) is 6.92 Å². The third-order valence-corrected chi connectivity index (χ3v) is 1.96. The summed E-state index contributed by atoms with van der Waals surface area (Å²) in [6.45, 7) is 3.97. The molecule has 0 aliphatic carbocycles. The van der Waals surface area contributed by atoms with Crippen molar-refractivity contribution < 1.29 is 9.53 Å². The maximum absolute atomic E-state index is 11.3. The van der Waals surface area contributed by atoms with E-state index in [1.54, 1.807) is 19.3 Å². The first-order valence-electron chi connectivity index (χ1n) is 4.49. The van der Waals surface area contributed by atoms with Gasteiger partial charge in [-0.25, -0.2) is 4.79 Å².